The number of hydrogen-bond acceptors (Lipinski definition) is 4. The number of carbonyl (C=O) groups excluding carboxylic acids is 2. The first-order valence-corrected chi connectivity index (χ1v) is 10.1. The summed E-state index contributed by atoms with van der Waals surface area (Å²) in [5, 5.41) is 10.6. The molecular weight excluding hydrogens is 368 g/mol. The second-order valence-corrected chi connectivity index (χ2v) is 8.29. The fourth-order valence-electron chi connectivity index (χ4n) is 4.86. The maximum Gasteiger partial charge on any atom is 0.228 e. The van der Waals surface area contributed by atoms with Crippen molar-refractivity contribution in [1.29, 1.82) is 0 Å². The summed E-state index contributed by atoms with van der Waals surface area (Å²) in [5.74, 6) is 0.359. The van der Waals surface area contributed by atoms with Crippen molar-refractivity contribution < 1.29 is 19.4 Å². The normalized spacial score (nSPS) is 28.5. The number of aliphatic hydroxyl groups excluding tert-OH is 1. The van der Waals surface area contributed by atoms with E-state index in [1.165, 1.54) is 0 Å². The number of rotatable bonds is 2. The molecule has 3 unspecified atom stereocenters. The van der Waals surface area contributed by atoms with Crippen molar-refractivity contribution in [3.63, 3.8) is 0 Å². The van der Waals surface area contributed by atoms with Gasteiger partial charge in [0.25, 0.3) is 0 Å². The molecule has 3 aliphatic heterocycles. The van der Waals surface area contributed by atoms with E-state index >= 15 is 0 Å². The van der Waals surface area contributed by atoms with E-state index in [4.69, 9.17) is 4.74 Å². The number of nitrogens with zero attached hydrogens (tertiary/aromatic N) is 2. The Kier molecular flexibility index (Phi) is 4.32. The molecule has 5 rings (SSSR count). The smallest absolute Gasteiger partial charge is 0.228 e. The topological polar surface area (TPSA) is 70.1 Å². The number of carbonyl (C=O) groups is 2. The van der Waals surface area contributed by atoms with Crippen molar-refractivity contribution in [2.24, 2.45) is 5.92 Å². The van der Waals surface area contributed by atoms with Crippen molar-refractivity contribution in [2.45, 2.75) is 31.0 Å². The molecule has 29 heavy (non-hydrogen) atoms. The largest absolute Gasteiger partial charge is 0.485 e. The zero-order valence-electron chi connectivity index (χ0n) is 16.2. The molecule has 1 N–H and O–H groups in total. The summed E-state index contributed by atoms with van der Waals surface area (Å²) in [5.41, 5.74) is 1.09. The Balaban J connectivity index is 1.29. The number of amides is 2. The van der Waals surface area contributed by atoms with Crippen LogP contribution in [0.5, 0.6) is 5.75 Å². The third-order valence-electron chi connectivity index (χ3n) is 6.34. The SMILES string of the molecule is O=C(C1CC(=O)N(c2ccccc2)C1)N1CCC2(CC(O)c3ccccc3O2)C1. The molecule has 2 saturated heterocycles. The second kappa shape index (κ2) is 6.88. The molecule has 2 fully saturated rings. The van der Waals surface area contributed by atoms with E-state index in [-0.39, 0.29) is 24.2 Å². The molecule has 3 atom stereocenters. The van der Waals surface area contributed by atoms with Gasteiger partial charge in [0, 0.05) is 43.6 Å². The van der Waals surface area contributed by atoms with Crippen LogP contribution in [0.1, 0.15) is 30.9 Å². The van der Waals surface area contributed by atoms with E-state index < -0.39 is 11.7 Å². The Morgan fingerprint density at radius 1 is 1.10 bits per heavy atom. The zero-order valence-corrected chi connectivity index (χ0v) is 16.2. The molecule has 3 aliphatic rings. The standard InChI is InChI=1S/C23H24N2O4/c26-19-13-23(29-20-9-5-4-8-18(19)20)10-11-24(15-23)22(28)16-12-21(27)25(14-16)17-6-2-1-3-7-17/h1-9,16,19,26H,10-15H2. The molecule has 6 nitrogen and oxygen atoms in total. The molecule has 2 aromatic rings. The maximum absolute atomic E-state index is 13.2. The number of likely N-dealkylation sites (tertiary alicyclic amines) is 1. The van der Waals surface area contributed by atoms with Crippen molar-refractivity contribution in [2.75, 3.05) is 24.5 Å². The van der Waals surface area contributed by atoms with Gasteiger partial charge in [0.2, 0.25) is 11.8 Å². The summed E-state index contributed by atoms with van der Waals surface area (Å²) in [6, 6.07) is 17.0. The summed E-state index contributed by atoms with van der Waals surface area (Å²) in [4.78, 5) is 29.1. The van der Waals surface area contributed by atoms with Gasteiger partial charge in [-0.25, -0.2) is 0 Å². The van der Waals surface area contributed by atoms with Crippen molar-refractivity contribution in [1.82, 2.24) is 4.90 Å². The molecule has 0 radical (unpaired) electrons. The van der Waals surface area contributed by atoms with Gasteiger partial charge >= 0.3 is 0 Å². The molecule has 0 aliphatic carbocycles. The van der Waals surface area contributed by atoms with E-state index in [0.29, 0.717) is 38.2 Å². The molecule has 3 heterocycles. The van der Waals surface area contributed by atoms with Crippen LogP contribution < -0.4 is 9.64 Å². The first-order chi connectivity index (χ1) is 14.0. The summed E-state index contributed by atoms with van der Waals surface area (Å²) < 4.78 is 6.27. The lowest BCUT2D eigenvalue weighted by molar-refractivity contribution is -0.135. The number of para-hydroxylation sites is 2. The minimum absolute atomic E-state index is 0.00519. The van der Waals surface area contributed by atoms with Crippen LogP contribution in [0.4, 0.5) is 5.69 Å². The highest BCUT2D eigenvalue weighted by molar-refractivity contribution is 6.00. The van der Waals surface area contributed by atoms with E-state index in [2.05, 4.69) is 0 Å². The Morgan fingerprint density at radius 3 is 2.69 bits per heavy atom. The number of ether oxygens (including phenoxy) is 1. The van der Waals surface area contributed by atoms with Crippen LogP contribution in [0.15, 0.2) is 54.6 Å². The number of hydrogen-bond donors (Lipinski definition) is 1. The minimum Gasteiger partial charge on any atom is -0.485 e. The van der Waals surface area contributed by atoms with Gasteiger partial charge < -0.3 is 19.6 Å². The van der Waals surface area contributed by atoms with Crippen LogP contribution in [0.25, 0.3) is 0 Å². The molecule has 6 heteroatoms. The molecule has 0 bridgehead atoms. The van der Waals surface area contributed by atoms with Gasteiger partial charge in [-0.3, -0.25) is 9.59 Å². The molecule has 0 aromatic heterocycles. The molecule has 0 saturated carbocycles. The average Bonchev–Trinajstić information content (AvgIpc) is 3.32. The fourth-order valence-corrected chi connectivity index (χ4v) is 4.86. The van der Waals surface area contributed by atoms with Crippen LogP contribution in [0.3, 0.4) is 0 Å². The van der Waals surface area contributed by atoms with Gasteiger partial charge in [0.05, 0.1) is 18.6 Å². The molecular formula is C23H24N2O4. The predicted molar refractivity (Wildman–Crippen MR) is 107 cm³/mol. The predicted octanol–water partition coefficient (Wildman–Crippen LogP) is 2.53. The van der Waals surface area contributed by atoms with E-state index in [1.54, 1.807) is 4.90 Å². The summed E-state index contributed by atoms with van der Waals surface area (Å²) in [6.07, 6.45) is 0.821. The van der Waals surface area contributed by atoms with Crippen LogP contribution in [0.2, 0.25) is 0 Å². The van der Waals surface area contributed by atoms with Crippen molar-refractivity contribution in [3.05, 3.63) is 60.2 Å². The summed E-state index contributed by atoms with van der Waals surface area (Å²) in [7, 11) is 0. The average molecular weight is 392 g/mol. The van der Waals surface area contributed by atoms with E-state index in [9.17, 15) is 14.7 Å². The monoisotopic (exact) mass is 392 g/mol. The maximum atomic E-state index is 13.2. The highest BCUT2D eigenvalue weighted by atomic mass is 16.5. The summed E-state index contributed by atoms with van der Waals surface area (Å²) in [6.45, 7) is 1.45. The van der Waals surface area contributed by atoms with Gasteiger partial charge in [-0.05, 0) is 18.2 Å². The Bertz CT molecular complexity index is 947. The lowest BCUT2D eigenvalue weighted by atomic mass is 9.88. The lowest BCUT2D eigenvalue weighted by Crippen LogP contribution is -2.45. The van der Waals surface area contributed by atoms with Crippen LogP contribution in [-0.4, -0.2) is 47.1 Å². The van der Waals surface area contributed by atoms with Crippen molar-refractivity contribution in [3.8, 4) is 5.75 Å². The minimum atomic E-state index is -0.586. The molecule has 1 spiro atoms. The first-order valence-electron chi connectivity index (χ1n) is 10.1. The highest BCUT2D eigenvalue weighted by Crippen LogP contribution is 2.44. The Morgan fingerprint density at radius 2 is 1.86 bits per heavy atom. The second-order valence-electron chi connectivity index (χ2n) is 8.29. The highest BCUT2D eigenvalue weighted by Gasteiger charge is 2.48. The van der Waals surface area contributed by atoms with Crippen LogP contribution >= 0.6 is 0 Å². The number of fused-ring (bicyclic) bond motifs is 1. The third-order valence-corrected chi connectivity index (χ3v) is 6.34. The van der Waals surface area contributed by atoms with E-state index in [0.717, 1.165) is 11.3 Å². The number of aliphatic hydroxyl groups is 1. The van der Waals surface area contributed by atoms with Gasteiger partial charge in [-0.15, -0.1) is 0 Å². The quantitative estimate of drug-likeness (QED) is 0.853. The van der Waals surface area contributed by atoms with Gasteiger partial charge in [-0.1, -0.05) is 36.4 Å². The Labute approximate surface area is 169 Å². The Hall–Kier alpha value is -2.86. The summed E-state index contributed by atoms with van der Waals surface area (Å²) >= 11 is 0. The zero-order chi connectivity index (χ0) is 20.0. The molecule has 2 amide bonds. The van der Waals surface area contributed by atoms with E-state index in [1.807, 2.05) is 59.5 Å². The lowest BCUT2D eigenvalue weighted by Gasteiger charge is -2.38. The van der Waals surface area contributed by atoms with Crippen molar-refractivity contribution >= 4 is 17.5 Å². The third kappa shape index (κ3) is 3.17. The number of anilines is 1. The van der Waals surface area contributed by atoms with Gasteiger partial charge in [0.1, 0.15) is 11.4 Å². The molecule has 150 valence electrons. The molecule has 2 aromatic carbocycles. The first kappa shape index (κ1) is 18.2. The fraction of sp³-hybridized carbons (Fsp3) is 0.391. The number of benzene rings is 2. The van der Waals surface area contributed by atoms with Gasteiger partial charge in [0.15, 0.2) is 0 Å². The van der Waals surface area contributed by atoms with Crippen LogP contribution in [0, 0.1) is 5.92 Å². The van der Waals surface area contributed by atoms with Crippen LogP contribution in [-0.2, 0) is 9.59 Å². The van der Waals surface area contributed by atoms with Gasteiger partial charge in [-0.2, -0.15) is 0 Å².